The second kappa shape index (κ2) is 6.83. The van der Waals surface area contributed by atoms with E-state index in [0.717, 1.165) is 5.56 Å². The van der Waals surface area contributed by atoms with Gasteiger partial charge in [-0.2, -0.15) is 0 Å². The molecule has 1 fully saturated rings. The first-order valence-corrected chi connectivity index (χ1v) is 8.99. The molecule has 7 heteroatoms. The van der Waals surface area contributed by atoms with Gasteiger partial charge in [0.1, 0.15) is 23.8 Å². The third-order valence-electron chi connectivity index (χ3n) is 4.98. The van der Waals surface area contributed by atoms with E-state index in [4.69, 9.17) is 4.74 Å². The number of pyridine rings is 2. The zero-order chi connectivity index (χ0) is 19.9. The summed E-state index contributed by atoms with van der Waals surface area (Å²) in [4.78, 5) is 32.2. The van der Waals surface area contributed by atoms with E-state index in [1.165, 1.54) is 16.7 Å². The lowest BCUT2D eigenvalue weighted by Gasteiger charge is -2.29. The predicted molar refractivity (Wildman–Crippen MR) is 103 cm³/mol. The number of benzene rings is 1. The highest BCUT2D eigenvalue weighted by Gasteiger charge is 2.38. The van der Waals surface area contributed by atoms with Crippen LogP contribution in [-0.2, 0) is 11.3 Å². The van der Waals surface area contributed by atoms with Gasteiger partial charge in [0.15, 0.2) is 0 Å². The average molecular weight is 381 g/mol. The van der Waals surface area contributed by atoms with E-state index in [1.54, 1.807) is 35.4 Å². The van der Waals surface area contributed by atoms with Crippen molar-refractivity contribution >= 4 is 16.9 Å². The van der Waals surface area contributed by atoms with Crippen LogP contribution in [0.5, 0.6) is 0 Å². The van der Waals surface area contributed by atoms with E-state index in [0.29, 0.717) is 17.6 Å². The van der Waals surface area contributed by atoms with Gasteiger partial charge in [-0.3, -0.25) is 14.2 Å². The van der Waals surface area contributed by atoms with Crippen LogP contribution in [0.3, 0.4) is 0 Å². The van der Waals surface area contributed by atoms with E-state index >= 15 is 0 Å². The Balaban J connectivity index is 1.84. The normalized spacial score (nSPS) is 15.9. The molecule has 0 bridgehead atoms. The molecule has 0 saturated carbocycles. The highest BCUT2D eigenvalue weighted by Crippen LogP contribution is 2.24. The number of nitrogens with zero attached hydrogens (tertiary/aromatic N) is 3. The molecule has 1 saturated heterocycles. The smallest absolute Gasteiger partial charge is 0.265 e. The summed E-state index contributed by atoms with van der Waals surface area (Å²) in [5.41, 5.74) is 0.370. The average Bonchev–Trinajstić information content (AvgIpc) is 3.04. The van der Waals surface area contributed by atoms with Crippen LogP contribution >= 0.6 is 0 Å². The Kier molecular flexibility index (Phi) is 4.47. The number of aromatic nitrogens is 2. The zero-order valence-corrected chi connectivity index (χ0v) is 15.7. The molecule has 0 radical (unpaired) electrons. The summed E-state index contributed by atoms with van der Waals surface area (Å²) in [5, 5.41) is 0.686. The number of carbonyl (C=O) groups is 1. The third kappa shape index (κ3) is 3.18. The number of carbonyl (C=O) groups excluding carboxylic acids is 1. The van der Waals surface area contributed by atoms with Gasteiger partial charge in [-0.1, -0.05) is 12.1 Å². The Morgan fingerprint density at radius 2 is 2.00 bits per heavy atom. The molecule has 0 aliphatic carbocycles. The number of ether oxygens (including phenoxy) is 1. The maximum Gasteiger partial charge on any atom is 0.265 e. The molecule has 3 heterocycles. The molecule has 1 aliphatic heterocycles. The fourth-order valence-electron chi connectivity index (χ4n) is 3.40. The topological polar surface area (TPSA) is 64.4 Å². The molecule has 2 aromatic heterocycles. The number of halogens is 1. The fraction of sp³-hybridized carbons (Fsp3) is 0.286. The number of amides is 1. The first-order chi connectivity index (χ1) is 13.4. The molecule has 4 rings (SSSR count). The molecular formula is C21H20FN3O3. The van der Waals surface area contributed by atoms with E-state index in [2.05, 4.69) is 4.98 Å². The summed E-state index contributed by atoms with van der Waals surface area (Å²) >= 11 is 0. The molecule has 3 aromatic rings. The molecule has 0 atom stereocenters. The minimum atomic E-state index is -0.491. The number of fused-ring (bicyclic) bond motifs is 1. The van der Waals surface area contributed by atoms with Crippen LogP contribution in [0, 0.1) is 5.82 Å². The van der Waals surface area contributed by atoms with Crippen LogP contribution in [0.25, 0.3) is 11.0 Å². The monoisotopic (exact) mass is 381 g/mol. The van der Waals surface area contributed by atoms with Gasteiger partial charge in [0.2, 0.25) is 0 Å². The Morgan fingerprint density at radius 3 is 2.68 bits per heavy atom. The third-order valence-corrected chi connectivity index (χ3v) is 4.98. The second-order valence-corrected chi connectivity index (χ2v) is 7.52. The molecule has 0 N–H and O–H groups in total. The van der Waals surface area contributed by atoms with E-state index in [9.17, 15) is 14.0 Å². The molecule has 6 nitrogen and oxygen atoms in total. The van der Waals surface area contributed by atoms with Crippen LogP contribution < -0.4 is 5.56 Å². The van der Waals surface area contributed by atoms with Gasteiger partial charge in [0.25, 0.3) is 11.5 Å². The molecule has 1 aliphatic rings. The van der Waals surface area contributed by atoms with Crippen LogP contribution in [-0.4, -0.2) is 39.2 Å². The van der Waals surface area contributed by atoms with Gasteiger partial charge in [-0.25, -0.2) is 9.37 Å². The van der Waals surface area contributed by atoms with Crippen molar-refractivity contribution in [1.29, 1.82) is 0 Å². The van der Waals surface area contributed by atoms with Gasteiger partial charge in [-0.05, 0) is 49.7 Å². The predicted octanol–water partition coefficient (Wildman–Crippen LogP) is 2.79. The van der Waals surface area contributed by atoms with Crippen LogP contribution in [0.1, 0.15) is 29.8 Å². The van der Waals surface area contributed by atoms with Crippen molar-refractivity contribution in [3.05, 3.63) is 76.0 Å². The number of hydrogen-bond acceptors (Lipinski definition) is 4. The van der Waals surface area contributed by atoms with Gasteiger partial charge in [0.05, 0.1) is 18.7 Å². The summed E-state index contributed by atoms with van der Waals surface area (Å²) in [6.07, 6.45) is 1.60. The molecule has 144 valence electrons. The minimum absolute atomic E-state index is 0.0705. The van der Waals surface area contributed by atoms with Crippen molar-refractivity contribution in [2.24, 2.45) is 0 Å². The molecule has 1 aromatic carbocycles. The van der Waals surface area contributed by atoms with Gasteiger partial charge < -0.3 is 9.64 Å². The summed E-state index contributed by atoms with van der Waals surface area (Å²) in [5.74, 6) is -0.717. The first-order valence-electron chi connectivity index (χ1n) is 8.99. The summed E-state index contributed by atoms with van der Waals surface area (Å²) < 4.78 is 20.1. The SMILES string of the molecule is CC1(C)COCN1C(=O)c1cc2cccnc2n(Cc2ccc(F)cc2)c1=O. The van der Waals surface area contributed by atoms with Crippen molar-refractivity contribution in [2.75, 3.05) is 13.3 Å². The fourth-order valence-corrected chi connectivity index (χ4v) is 3.40. The van der Waals surface area contributed by atoms with Crippen molar-refractivity contribution in [3.8, 4) is 0 Å². The highest BCUT2D eigenvalue weighted by atomic mass is 19.1. The molecule has 0 spiro atoms. The van der Waals surface area contributed by atoms with E-state index in [-0.39, 0.29) is 30.6 Å². The highest BCUT2D eigenvalue weighted by molar-refractivity contribution is 5.97. The number of rotatable bonds is 3. The summed E-state index contributed by atoms with van der Waals surface area (Å²) in [7, 11) is 0. The summed E-state index contributed by atoms with van der Waals surface area (Å²) in [6, 6.07) is 11.1. The molecule has 0 unspecified atom stereocenters. The van der Waals surface area contributed by atoms with E-state index < -0.39 is 11.1 Å². The standard InChI is InChI=1S/C21H20FN3O3/c1-21(2)12-28-13-25(21)20(27)17-10-15-4-3-9-23-18(15)24(19(17)26)11-14-5-7-16(22)8-6-14/h3-10H,11-13H2,1-2H3. The Morgan fingerprint density at radius 1 is 1.25 bits per heavy atom. The van der Waals surface area contributed by atoms with Crippen molar-refractivity contribution in [1.82, 2.24) is 14.5 Å². The zero-order valence-electron chi connectivity index (χ0n) is 15.7. The van der Waals surface area contributed by atoms with Gasteiger partial charge in [-0.15, -0.1) is 0 Å². The first kappa shape index (κ1) is 18.3. The minimum Gasteiger partial charge on any atom is -0.359 e. The van der Waals surface area contributed by atoms with Gasteiger partial charge >= 0.3 is 0 Å². The lowest BCUT2D eigenvalue weighted by Crippen LogP contribution is -2.46. The van der Waals surface area contributed by atoms with Crippen LogP contribution in [0.2, 0.25) is 0 Å². The van der Waals surface area contributed by atoms with Crippen LogP contribution in [0.4, 0.5) is 4.39 Å². The Hall–Kier alpha value is -3.06. The Bertz CT molecular complexity index is 1110. The molecule has 28 heavy (non-hydrogen) atoms. The lowest BCUT2D eigenvalue weighted by atomic mass is 10.0. The lowest BCUT2D eigenvalue weighted by molar-refractivity contribution is 0.0603. The maximum absolute atomic E-state index is 13.2. The van der Waals surface area contributed by atoms with Crippen molar-refractivity contribution in [2.45, 2.75) is 25.9 Å². The molecule has 1 amide bonds. The van der Waals surface area contributed by atoms with Crippen molar-refractivity contribution in [3.63, 3.8) is 0 Å². The summed E-state index contributed by atoms with van der Waals surface area (Å²) in [6.45, 7) is 4.55. The van der Waals surface area contributed by atoms with Crippen LogP contribution in [0.15, 0.2) is 53.5 Å². The Labute approximate surface area is 161 Å². The van der Waals surface area contributed by atoms with Crippen molar-refractivity contribution < 1.29 is 13.9 Å². The number of hydrogen-bond donors (Lipinski definition) is 0. The van der Waals surface area contributed by atoms with Gasteiger partial charge in [0, 0.05) is 11.6 Å². The largest absolute Gasteiger partial charge is 0.359 e. The van der Waals surface area contributed by atoms with E-state index in [1.807, 2.05) is 19.9 Å². The second-order valence-electron chi connectivity index (χ2n) is 7.52. The maximum atomic E-state index is 13.2. The molecular weight excluding hydrogens is 361 g/mol. The quantitative estimate of drug-likeness (QED) is 0.700.